The smallest absolute Gasteiger partial charge is 0.380 e. The van der Waals surface area contributed by atoms with Crippen LogP contribution >= 0.6 is 0 Å². The molecule has 1 N–H and O–H groups in total. The Morgan fingerprint density at radius 3 is 2.13 bits per heavy atom. The molecule has 6 heteroatoms. The molecule has 3 nitrogen and oxygen atoms in total. The SMILES string of the molecule is CN1C2COCC1CC(O)(C(F)(F)F)C2. The highest BCUT2D eigenvalue weighted by Gasteiger charge is 2.59. The molecule has 2 rings (SSSR count). The fourth-order valence-electron chi connectivity index (χ4n) is 2.37. The van der Waals surface area contributed by atoms with Crippen LogP contribution in [0.25, 0.3) is 0 Å². The molecule has 0 spiro atoms. The summed E-state index contributed by atoms with van der Waals surface area (Å²) in [6.07, 6.45) is -5.12. The highest BCUT2D eigenvalue weighted by atomic mass is 19.4. The summed E-state index contributed by atoms with van der Waals surface area (Å²) in [5.41, 5.74) is -2.53. The molecule has 0 aromatic heterocycles. The largest absolute Gasteiger partial charge is 0.417 e. The Bertz CT molecular complexity index is 242. The van der Waals surface area contributed by atoms with Crippen molar-refractivity contribution in [3.63, 3.8) is 0 Å². The van der Waals surface area contributed by atoms with Crippen LogP contribution in [0.15, 0.2) is 0 Å². The van der Waals surface area contributed by atoms with E-state index >= 15 is 0 Å². The summed E-state index contributed by atoms with van der Waals surface area (Å²) in [5.74, 6) is 0. The highest BCUT2D eigenvalue weighted by molar-refractivity contribution is 5.01. The monoisotopic (exact) mass is 225 g/mol. The average Bonchev–Trinajstić information content (AvgIpc) is 2.05. The summed E-state index contributed by atoms with van der Waals surface area (Å²) in [4.78, 5) is 1.88. The molecule has 2 heterocycles. The highest BCUT2D eigenvalue weighted by Crippen LogP contribution is 2.43. The second-order valence-electron chi connectivity index (χ2n) is 4.45. The number of likely N-dealkylation sites (N-methyl/N-ethyl adjacent to an activating group) is 1. The van der Waals surface area contributed by atoms with Crippen molar-refractivity contribution < 1.29 is 23.0 Å². The van der Waals surface area contributed by atoms with Crippen molar-refractivity contribution in [3.05, 3.63) is 0 Å². The zero-order valence-electron chi connectivity index (χ0n) is 8.42. The predicted molar refractivity (Wildman–Crippen MR) is 46.4 cm³/mol. The molecular formula is C9H14F3NO2. The maximum atomic E-state index is 12.7. The van der Waals surface area contributed by atoms with Crippen molar-refractivity contribution in [2.45, 2.75) is 36.7 Å². The van der Waals surface area contributed by atoms with Gasteiger partial charge < -0.3 is 9.84 Å². The number of nitrogens with zero attached hydrogens (tertiary/aromatic N) is 1. The van der Waals surface area contributed by atoms with E-state index in [-0.39, 0.29) is 38.1 Å². The Hall–Kier alpha value is -0.330. The predicted octanol–water partition coefficient (Wildman–Crippen LogP) is 0.773. The van der Waals surface area contributed by atoms with Gasteiger partial charge in [-0.25, -0.2) is 0 Å². The number of alkyl halides is 3. The van der Waals surface area contributed by atoms with E-state index in [1.165, 1.54) is 0 Å². The zero-order chi connectivity index (χ0) is 11.3. The number of morpholine rings is 1. The van der Waals surface area contributed by atoms with Crippen LogP contribution in [0.3, 0.4) is 0 Å². The number of aliphatic hydroxyl groups is 1. The third-order valence-corrected chi connectivity index (χ3v) is 3.45. The average molecular weight is 225 g/mol. The molecule has 0 aromatic carbocycles. The molecule has 0 aromatic rings. The van der Waals surface area contributed by atoms with Gasteiger partial charge in [0, 0.05) is 24.9 Å². The lowest BCUT2D eigenvalue weighted by Crippen LogP contribution is -2.64. The number of hydrogen-bond donors (Lipinski definition) is 1. The van der Waals surface area contributed by atoms with Crippen molar-refractivity contribution in [1.29, 1.82) is 0 Å². The number of hydrogen-bond acceptors (Lipinski definition) is 3. The van der Waals surface area contributed by atoms with E-state index in [0.29, 0.717) is 0 Å². The first kappa shape index (κ1) is 11.2. The topological polar surface area (TPSA) is 32.7 Å². The van der Waals surface area contributed by atoms with E-state index in [2.05, 4.69) is 0 Å². The number of fused-ring (bicyclic) bond motifs is 2. The minimum atomic E-state index is -4.54. The second kappa shape index (κ2) is 3.33. The molecule has 2 aliphatic rings. The van der Waals surface area contributed by atoms with Gasteiger partial charge in [-0.05, 0) is 7.05 Å². The molecule has 0 amide bonds. The molecule has 0 radical (unpaired) electrons. The Morgan fingerprint density at radius 1 is 1.27 bits per heavy atom. The molecule has 2 aliphatic heterocycles. The van der Waals surface area contributed by atoms with E-state index in [0.717, 1.165) is 0 Å². The van der Waals surface area contributed by atoms with Gasteiger partial charge in [-0.2, -0.15) is 13.2 Å². The summed E-state index contributed by atoms with van der Waals surface area (Å²) in [7, 11) is 1.79. The number of piperidine rings is 1. The molecular weight excluding hydrogens is 211 g/mol. The van der Waals surface area contributed by atoms with Crippen LogP contribution in [-0.4, -0.2) is 54.1 Å². The van der Waals surface area contributed by atoms with E-state index in [9.17, 15) is 18.3 Å². The summed E-state index contributed by atoms with van der Waals surface area (Å²) >= 11 is 0. The third kappa shape index (κ3) is 1.74. The van der Waals surface area contributed by atoms with Gasteiger partial charge in [-0.3, -0.25) is 4.90 Å². The van der Waals surface area contributed by atoms with Gasteiger partial charge in [0.2, 0.25) is 0 Å². The van der Waals surface area contributed by atoms with Gasteiger partial charge in [0.25, 0.3) is 0 Å². The van der Waals surface area contributed by atoms with Crippen LogP contribution < -0.4 is 0 Å². The van der Waals surface area contributed by atoms with Crippen LogP contribution in [-0.2, 0) is 4.74 Å². The Morgan fingerprint density at radius 2 is 1.73 bits per heavy atom. The zero-order valence-corrected chi connectivity index (χ0v) is 8.42. The van der Waals surface area contributed by atoms with Crippen molar-refractivity contribution in [1.82, 2.24) is 4.90 Å². The summed E-state index contributed by atoms with van der Waals surface area (Å²) in [6, 6.07) is -0.659. The summed E-state index contributed by atoms with van der Waals surface area (Å²) in [6.45, 7) is 0.538. The van der Waals surface area contributed by atoms with Crippen molar-refractivity contribution in [2.24, 2.45) is 0 Å². The molecule has 2 atom stereocenters. The lowest BCUT2D eigenvalue weighted by atomic mass is 9.81. The Kier molecular flexibility index (Phi) is 2.48. The standard InChI is InChI=1S/C9H14F3NO2/c1-13-6-2-8(14,9(10,11)12)3-7(13)5-15-4-6/h6-7,14H,2-5H2,1H3. The van der Waals surface area contributed by atoms with Crippen LogP contribution in [0.4, 0.5) is 13.2 Å². The van der Waals surface area contributed by atoms with Crippen molar-refractivity contribution in [3.8, 4) is 0 Å². The van der Waals surface area contributed by atoms with E-state index in [1.54, 1.807) is 7.05 Å². The van der Waals surface area contributed by atoms with Crippen molar-refractivity contribution in [2.75, 3.05) is 20.3 Å². The number of halogens is 3. The molecule has 0 saturated carbocycles. The van der Waals surface area contributed by atoms with Crippen molar-refractivity contribution >= 4 is 0 Å². The minimum Gasteiger partial charge on any atom is -0.380 e. The molecule has 2 unspecified atom stereocenters. The van der Waals surface area contributed by atoms with Gasteiger partial charge >= 0.3 is 6.18 Å². The Balaban J connectivity index is 2.20. The normalized spacial score (nSPS) is 43.0. The van der Waals surface area contributed by atoms with Crippen LogP contribution in [0, 0.1) is 0 Å². The van der Waals surface area contributed by atoms with E-state index < -0.39 is 11.8 Å². The van der Waals surface area contributed by atoms with Gasteiger partial charge in [0.1, 0.15) is 0 Å². The van der Waals surface area contributed by atoms with E-state index in [4.69, 9.17) is 4.74 Å². The molecule has 2 saturated heterocycles. The summed E-state index contributed by atoms with van der Waals surface area (Å²) < 4.78 is 43.1. The quantitative estimate of drug-likeness (QED) is 0.661. The maximum Gasteiger partial charge on any atom is 0.417 e. The van der Waals surface area contributed by atoms with Gasteiger partial charge in [0.05, 0.1) is 13.2 Å². The second-order valence-corrected chi connectivity index (χ2v) is 4.45. The van der Waals surface area contributed by atoms with Gasteiger partial charge in [0.15, 0.2) is 5.60 Å². The lowest BCUT2D eigenvalue weighted by Gasteiger charge is -2.50. The number of ether oxygens (including phenoxy) is 1. The van der Waals surface area contributed by atoms with Crippen LogP contribution in [0.5, 0.6) is 0 Å². The summed E-state index contributed by atoms with van der Waals surface area (Å²) in [5, 5.41) is 9.62. The fourth-order valence-corrected chi connectivity index (χ4v) is 2.37. The first-order valence-corrected chi connectivity index (χ1v) is 4.92. The first-order valence-electron chi connectivity index (χ1n) is 4.92. The molecule has 2 bridgehead atoms. The fraction of sp³-hybridized carbons (Fsp3) is 1.00. The molecule has 2 fully saturated rings. The molecule has 88 valence electrons. The molecule has 0 aliphatic carbocycles. The third-order valence-electron chi connectivity index (χ3n) is 3.45. The van der Waals surface area contributed by atoms with Crippen LogP contribution in [0.2, 0.25) is 0 Å². The maximum absolute atomic E-state index is 12.7. The molecule has 15 heavy (non-hydrogen) atoms. The minimum absolute atomic E-state index is 0.269. The Labute approximate surface area is 85.8 Å². The lowest BCUT2D eigenvalue weighted by molar-refractivity contribution is -0.291. The number of rotatable bonds is 0. The van der Waals surface area contributed by atoms with E-state index in [1.807, 2.05) is 4.90 Å². The van der Waals surface area contributed by atoms with Gasteiger partial charge in [-0.1, -0.05) is 0 Å². The van der Waals surface area contributed by atoms with Crippen LogP contribution in [0.1, 0.15) is 12.8 Å². The first-order chi connectivity index (χ1) is 6.83. The van der Waals surface area contributed by atoms with Gasteiger partial charge in [-0.15, -0.1) is 0 Å².